The van der Waals surface area contributed by atoms with Crippen LogP contribution in [0.2, 0.25) is 0 Å². The third-order valence-electron chi connectivity index (χ3n) is 2.93. The summed E-state index contributed by atoms with van der Waals surface area (Å²) in [5.74, 6) is 0. The van der Waals surface area contributed by atoms with Crippen molar-refractivity contribution in [1.29, 1.82) is 5.26 Å². The smallest absolute Gasteiger partial charge is 0.0621 e. The van der Waals surface area contributed by atoms with E-state index in [-0.39, 0.29) is 0 Å². The zero-order valence-electron chi connectivity index (χ0n) is 10.9. The van der Waals surface area contributed by atoms with E-state index in [1.807, 2.05) is 0 Å². The van der Waals surface area contributed by atoms with Crippen LogP contribution in [0.4, 0.5) is 0 Å². The molecular weight excluding hydrogens is 210 g/mol. The van der Waals surface area contributed by atoms with Crippen molar-refractivity contribution in [3.63, 3.8) is 0 Å². The molecule has 0 fully saturated rings. The van der Waals surface area contributed by atoms with Gasteiger partial charge >= 0.3 is 0 Å². The zero-order chi connectivity index (χ0) is 12.5. The summed E-state index contributed by atoms with van der Waals surface area (Å²) in [4.78, 5) is 0. The molecule has 0 amide bonds. The van der Waals surface area contributed by atoms with Gasteiger partial charge in [0.25, 0.3) is 0 Å². The van der Waals surface area contributed by atoms with Crippen LogP contribution in [0.25, 0.3) is 0 Å². The Labute approximate surface area is 104 Å². The summed E-state index contributed by atoms with van der Waals surface area (Å²) in [6.45, 7) is 6.46. The number of nitrogens with zero attached hydrogens (tertiary/aromatic N) is 2. The van der Waals surface area contributed by atoms with Crippen molar-refractivity contribution in [3.8, 4) is 6.07 Å². The number of nitrogens with one attached hydrogen (secondary N) is 1. The van der Waals surface area contributed by atoms with Crippen LogP contribution >= 0.6 is 0 Å². The van der Waals surface area contributed by atoms with Gasteiger partial charge in [0.15, 0.2) is 0 Å². The van der Waals surface area contributed by atoms with E-state index in [2.05, 4.69) is 48.3 Å². The van der Waals surface area contributed by atoms with Crippen LogP contribution in [0.1, 0.15) is 51.1 Å². The monoisotopic (exact) mass is 233 g/mol. The zero-order valence-corrected chi connectivity index (χ0v) is 10.9. The van der Waals surface area contributed by atoms with Crippen molar-refractivity contribution in [2.45, 2.75) is 52.1 Å². The van der Waals surface area contributed by atoms with E-state index in [1.54, 1.807) is 0 Å². The number of hydrogen-bond donors (Lipinski definition) is 1. The summed E-state index contributed by atoms with van der Waals surface area (Å²) in [5.41, 5.74) is 1.35. The van der Waals surface area contributed by atoms with E-state index >= 15 is 0 Å². The summed E-state index contributed by atoms with van der Waals surface area (Å²) in [6.07, 6.45) is 8.25. The van der Waals surface area contributed by atoms with Crippen LogP contribution in [-0.4, -0.2) is 11.1 Å². The first-order valence-electron chi connectivity index (χ1n) is 6.54. The summed E-state index contributed by atoms with van der Waals surface area (Å²) >= 11 is 0. The summed E-state index contributed by atoms with van der Waals surface area (Å²) < 4.78 is 2.22. The largest absolute Gasteiger partial charge is 0.354 e. The molecule has 1 aromatic heterocycles. The molecule has 1 heterocycles. The van der Waals surface area contributed by atoms with Crippen LogP contribution < -0.4 is 5.32 Å². The number of unbranched alkanes of at least 4 members (excludes halogenated alkanes) is 2. The Hall–Kier alpha value is -1.27. The van der Waals surface area contributed by atoms with E-state index in [0.717, 1.165) is 25.9 Å². The first-order chi connectivity index (χ1) is 8.27. The predicted molar refractivity (Wildman–Crippen MR) is 70.6 cm³/mol. The van der Waals surface area contributed by atoms with Crippen molar-refractivity contribution >= 4 is 0 Å². The normalized spacial score (nSPS) is 12.3. The molecule has 0 aromatic carbocycles. The van der Waals surface area contributed by atoms with Gasteiger partial charge in [0.1, 0.15) is 0 Å². The summed E-state index contributed by atoms with van der Waals surface area (Å²) in [5, 5.41) is 11.9. The lowest BCUT2D eigenvalue weighted by atomic mass is 10.2. The van der Waals surface area contributed by atoms with E-state index in [0.29, 0.717) is 12.5 Å². The molecule has 0 saturated heterocycles. The van der Waals surface area contributed by atoms with Gasteiger partial charge < -0.3 is 9.88 Å². The molecule has 0 aliphatic rings. The standard InChI is InChI=1S/C14H23N3/c1-3-9-16-13(2)14-7-11-17(12-14)10-6-4-5-8-15/h7,11-13,16H,3-6,9-10H2,1-2H3. The Bertz CT molecular complexity index is 349. The number of aromatic nitrogens is 1. The second kappa shape index (κ2) is 7.92. The van der Waals surface area contributed by atoms with Crippen LogP contribution in [0.5, 0.6) is 0 Å². The Morgan fingerprint density at radius 1 is 1.47 bits per heavy atom. The molecule has 0 bridgehead atoms. The fourth-order valence-electron chi connectivity index (χ4n) is 1.83. The third-order valence-corrected chi connectivity index (χ3v) is 2.93. The van der Waals surface area contributed by atoms with Crippen molar-refractivity contribution in [2.75, 3.05) is 6.54 Å². The maximum atomic E-state index is 8.46. The topological polar surface area (TPSA) is 40.8 Å². The summed E-state index contributed by atoms with van der Waals surface area (Å²) in [7, 11) is 0. The average Bonchev–Trinajstić information content (AvgIpc) is 2.80. The molecule has 1 N–H and O–H groups in total. The molecule has 0 aliphatic heterocycles. The highest BCUT2D eigenvalue weighted by molar-refractivity contribution is 5.14. The average molecular weight is 233 g/mol. The molecule has 3 nitrogen and oxygen atoms in total. The quantitative estimate of drug-likeness (QED) is 0.700. The fraction of sp³-hybridized carbons (Fsp3) is 0.643. The fourth-order valence-corrected chi connectivity index (χ4v) is 1.83. The molecule has 3 heteroatoms. The van der Waals surface area contributed by atoms with Gasteiger partial charge in [-0.05, 0) is 44.4 Å². The second-order valence-electron chi connectivity index (χ2n) is 4.47. The van der Waals surface area contributed by atoms with Gasteiger partial charge in [0, 0.05) is 31.4 Å². The van der Waals surface area contributed by atoms with E-state index in [9.17, 15) is 0 Å². The highest BCUT2D eigenvalue weighted by atomic mass is 15.0. The SMILES string of the molecule is CCCNC(C)c1ccn(CCCCC#N)c1. The number of hydrogen-bond acceptors (Lipinski definition) is 2. The Morgan fingerprint density at radius 2 is 2.29 bits per heavy atom. The highest BCUT2D eigenvalue weighted by Crippen LogP contribution is 2.13. The molecule has 1 atom stereocenters. The number of rotatable bonds is 8. The first kappa shape index (κ1) is 13.8. The third kappa shape index (κ3) is 5.06. The molecule has 1 aromatic rings. The van der Waals surface area contributed by atoms with Crippen LogP contribution in [0.15, 0.2) is 18.5 Å². The maximum absolute atomic E-state index is 8.46. The van der Waals surface area contributed by atoms with Gasteiger partial charge in [-0.25, -0.2) is 0 Å². The van der Waals surface area contributed by atoms with Gasteiger partial charge in [0.2, 0.25) is 0 Å². The van der Waals surface area contributed by atoms with E-state index < -0.39 is 0 Å². The van der Waals surface area contributed by atoms with Crippen molar-refractivity contribution in [2.24, 2.45) is 0 Å². The Morgan fingerprint density at radius 3 is 3.00 bits per heavy atom. The lowest BCUT2D eigenvalue weighted by molar-refractivity contribution is 0.566. The van der Waals surface area contributed by atoms with Crippen LogP contribution in [0, 0.1) is 11.3 Å². The molecule has 0 saturated carbocycles. The van der Waals surface area contributed by atoms with Crippen LogP contribution in [-0.2, 0) is 6.54 Å². The molecule has 0 aliphatic carbocycles. The van der Waals surface area contributed by atoms with Gasteiger partial charge in [-0.1, -0.05) is 6.92 Å². The lowest BCUT2D eigenvalue weighted by Gasteiger charge is -2.11. The molecule has 0 spiro atoms. The molecule has 0 radical (unpaired) electrons. The van der Waals surface area contributed by atoms with Gasteiger partial charge in [-0.15, -0.1) is 0 Å². The predicted octanol–water partition coefficient (Wildman–Crippen LogP) is 3.24. The molecule has 1 rings (SSSR count). The minimum Gasteiger partial charge on any atom is -0.354 e. The van der Waals surface area contributed by atoms with Gasteiger partial charge in [-0.2, -0.15) is 5.26 Å². The maximum Gasteiger partial charge on any atom is 0.0621 e. The van der Waals surface area contributed by atoms with Gasteiger partial charge in [-0.3, -0.25) is 0 Å². The van der Waals surface area contributed by atoms with Gasteiger partial charge in [0.05, 0.1) is 6.07 Å². The lowest BCUT2D eigenvalue weighted by Crippen LogP contribution is -2.18. The summed E-state index contributed by atoms with van der Waals surface area (Å²) in [6, 6.07) is 4.79. The second-order valence-corrected chi connectivity index (χ2v) is 4.47. The molecule has 1 unspecified atom stereocenters. The molecule has 17 heavy (non-hydrogen) atoms. The first-order valence-corrected chi connectivity index (χ1v) is 6.54. The van der Waals surface area contributed by atoms with E-state index in [1.165, 1.54) is 12.0 Å². The molecular formula is C14H23N3. The van der Waals surface area contributed by atoms with Crippen molar-refractivity contribution in [3.05, 3.63) is 24.0 Å². The van der Waals surface area contributed by atoms with E-state index in [4.69, 9.17) is 5.26 Å². The number of nitriles is 1. The van der Waals surface area contributed by atoms with Crippen LogP contribution in [0.3, 0.4) is 0 Å². The Kier molecular flexibility index (Phi) is 6.42. The Balaban J connectivity index is 2.34. The van der Waals surface area contributed by atoms with Crippen molar-refractivity contribution in [1.82, 2.24) is 9.88 Å². The van der Waals surface area contributed by atoms with Crippen molar-refractivity contribution < 1.29 is 0 Å². The number of aryl methyl sites for hydroxylation is 1. The molecule has 94 valence electrons. The minimum atomic E-state index is 0.426. The highest BCUT2D eigenvalue weighted by Gasteiger charge is 2.05. The minimum absolute atomic E-state index is 0.426.